The number of rotatable bonds is 10. The van der Waals surface area contributed by atoms with Gasteiger partial charge in [-0.15, -0.1) is 11.8 Å². The summed E-state index contributed by atoms with van der Waals surface area (Å²) in [5.74, 6) is 1.03. The lowest BCUT2D eigenvalue weighted by Crippen LogP contribution is -2.39. The lowest BCUT2D eigenvalue weighted by Gasteiger charge is -2.17. The molecule has 10 heteroatoms. The van der Waals surface area contributed by atoms with Crippen LogP contribution in [0.1, 0.15) is 5.56 Å². The van der Waals surface area contributed by atoms with Crippen molar-refractivity contribution in [3.8, 4) is 0 Å². The minimum Gasteiger partial charge on any atom is -0.354 e. The number of amides is 1. The normalized spacial score (nSPS) is 11.6. The van der Waals surface area contributed by atoms with Crippen molar-refractivity contribution < 1.29 is 13.2 Å². The predicted octanol–water partition coefficient (Wildman–Crippen LogP) is 4.39. The Morgan fingerprint density at radius 1 is 1.14 bits per heavy atom. The molecule has 5 nitrogen and oxygen atoms in total. The first-order valence-corrected chi connectivity index (χ1v) is 13.2. The van der Waals surface area contributed by atoms with Crippen LogP contribution in [0.2, 0.25) is 10.0 Å². The maximum Gasteiger partial charge on any atom is 0.243 e. The molecule has 0 unspecified atom stereocenters. The maximum atomic E-state index is 12.6. The quantitative estimate of drug-likeness (QED) is 0.393. The molecule has 29 heavy (non-hydrogen) atoms. The lowest BCUT2D eigenvalue weighted by molar-refractivity contribution is -0.121. The molecular formula is C19H22Cl2N2O3S3. The smallest absolute Gasteiger partial charge is 0.243 e. The van der Waals surface area contributed by atoms with Crippen molar-refractivity contribution in [3.05, 3.63) is 58.1 Å². The zero-order chi connectivity index (χ0) is 21.4. The largest absolute Gasteiger partial charge is 0.354 e. The van der Waals surface area contributed by atoms with Gasteiger partial charge in [0, 0.05) is 40.0 Å². The summed E-state index contributed by atoms with van der Waals surface area (Å²) in [6.45, 7) is 0.200. The number of likely N-dealkylation sites (N-methyl/N-ethyl adjacent to an activating group) is 1. The van der Waals surface area contributed by atoms with Crippen molar-refractivity contribution in [2.24, 2.45) is 0 Å². The van der Waals surface area contributed by atoms with Crippen LogP contribution in [0.25, 0.3) is 0 Å². The molecule has 0 radical (unpaired) electrons. The van der Waals surface area contributed by atoms with Gasteiger partial charge in [0.2, 0.25) is 15.9 Å². The standard InChI is InChI=1S/C19H22Cl2N2O3S3/c1-23(29(25,26)17-7-5-16(27-2)6-8-17)12-19(24)22-9-10-28-13-14-3-4-15(20)11-18(14)21/h3-8,11H,9-10,12-13H2,1-2H3,(H,22,24). The highest BCUT2D eigenvalue weighted by Crippen LogP contribution is 2.24. The van der Waals surface area contributed by atoms with E-state index in [1.54, 1.807) is 48.2 Å². The van der Waals surface area contributed by atoms with E-state index in [0.717, 1.165) is 14.8 Å². The molecule has 0 aromatic heterocycles. The molecule has 0 aliphatic rings. The molecule has 0 aliphatic heterocycles. The highest BCUT2D eigenvalue weighted by molar-refractivity contribution is 7.98. The lowest BCUT2D eigenvalue weighted by atomic mass is 10.2. The van der Waals surface area contributed by atoms with Gasteiger partial charge in [-0.2, -0.15) is 16.1 Å². The number of hydrogen-bond donors (Lipinski definition) is 1. The average molecular weight is 494 g/mol. The number of sulfonamides is 1. The van der Waals surface area contributed by atoms with E-state index in [4.69, 9.17) is 23.2 Å². The molecule has 0 atom stereocenters. The Bertz CT molecular complexity index is 938. The van der Waals surface area contributed by atoms with E-state index in [9.17, 15) is 13.2 Å². The molecular weight excluding hydrogens is 471 g/mol. The van der Waals surface area contributed by atoms with Gasteiger partial charge in [-0.1, -0.05) is 29.3 Å². The third-order valence-electron chi connectivity index (χ3n) is 3.98. The molecule has 2 rings (SSSR count). The zero-order valence-electron chi connectivity index (χ0n) is 16.0. The number of benzene rings is 2. The van der Waals surface area contributed by atoms with Crippen molar-refractivity contribution in [2.75, 3.05) is 32.1 Å². The van der Waals surface area contributed by atoms with E-state index < -0.39 is 10.0 Å². The van der Waals surface area contributed by atoms with Crippen molar-refractivity contribution in [2.45, 2.75) is 15.5 Å². The minimum absolute atomic E-state index is 0.168. The molecule has 1 N–H and O–H groups in total. The number of carbonyl (C=O) groups excluding carboxylic acids is 1. The topological polar surface area (TPSA) is 66.5 Å². The Hall–Kier alpha value is -0.900. The van der Waals surface area contributed by atoms with Gasteiger partial charge >= 0.3 is 0 Å². The van der Waals surface area contributed by atoms with Crippen LogP contribution in [0.5, 0.6) is 0 Å². The fourth-order valence-electron chi connectivity index (χ4n) is 2.35. The Labute approximate surface area is 190 Å². The van der Waals surface area contributed by atoms with E-state index in [2.05, 4.69) is 5.32 Å². The van der Waals surface area contributed by atoms with E-state index >= 15 is 0 Å². The second-order valence-corrected chi connectivity index (χ2v) is 10.9. The molecule has 0 saturated carbocycles. The van der Waals surface area contributed by atoms with Crippen LogP contribution < -0.4 is 5.32 Å². The number of hydrogen-bond acceptors (Lipinski definition) is 5. The van der Waals surface area contributed by atoms with Crippen LogP contribution in [-0.2, 0) is 20.6 Å². The zero-order valence-corrected chi connectivity index (χ0v) is 20.0. The number of thioether (sulfide) groups is 2. The van der Waals surface area contributed by atoms with Gasteiger partial charge in [-0.3, -0.25) is 4.79 Å². The number of carbonyl (C=O) groups is 1. The molecule has 0 saturated heterocycles. The molecule has 158 valence electrons. The first kappa shape index (κ1) is 24.4. The molecule has 0 fully saturated rings. The van der Waals surface area contributed by atoms with Crippen LogP contribution in [0.3, 0.4) is 0 Å². The summed E-state index contributed by atoms with van der Waals surface area (Å²) in [5, 5.41) is 3.95. The van der Waals surface area contributed by atoms with Crippen molar-refractivity contribution in [3.63, 3.8) is 0 Å². The van der Waals surface area contributed by atoms with Gasteiger partial charge in [0.25, 0.3) is 0 Å². The highest BCUT2D eigenvalue weighted by atomic mass is 35.5. The van der Waals surface area contributed by atoms with E-state index in [1.807, 2.05) is 12.3 Å². The summed E-state index contributed by atoms with van der Waals surface area (Å²) in [4.78, 5) is 13.2. The second-order valence-electron chi connectivity index (χ2n) is 6.07. The summed E-state index contributed by atoms with van der Waals surface area (Å²) >= 11 is 15.2. The third-order valence-corrected chi connectivity index (χ3v) is 8.13. The van der Waals surface area contributed by atoms with Gasteiger partial charge in [0.05, 0.1) is 11.4 Å². The summed E-state index contributed by atoms with van der Waals surface area (Å²) in [6.07, 6.45) is 1.92. The van der Waals surface area contributed by atoms with Crippen LogP contribution in [0.15, 0.2) is 52.3 Å². The van der Waals surface area contributed by atoms with E-state index in [1.165, 1.54) is 18.8 Å². The summed E-state index contributed by atoms with van der Waals surface area (Å²) in [6, 6.07) is 12.0. The average Bonchev–Trinajstić information content (AvgIpc) is 2.69. The van der Waals surface area contributed by atoms with E-state index in [-0.39, 0.29) is 17.3 Å². The van der Waals surface area contributed by atoms with Crippen LogP contribution in [-0.4, -0.2) is 50.8 Å². The first-order chi connectivity index (χ1) is 13.7. The number of halogens is 2. The molecule has 0 heterocycles. The van der Waals surface area contributed by atoms with Gasteiger partial charge in [-0.05, 0) is 48.2 Å². The summed E-state index contributed by atoms with van der Waals surface area (Å²) in [7, 11) is -2.31. The fourth-order valence-corrected chi connectivity index (χ4v) is 5.31. The summed E-state index contributed by atoms with van der Waals surface area (Å²) < 4.78 is 26.2. The molecule has 0 bridgehead atoms. The Morgan fingerprint density at radius 2 is 1.83 bits per heavy atom. The molecule has 2 aromatic carbocycles. The number of nitrogens with zero attached hydrogens (tertiary/aromatic N) is 1. The van der Waals surface area contributed by atoms with Crippen molar-refractivity contribution in [1.82, 2.24) is 9.62 Å². The number of nitrogens with one attached hydrogen (secondary N) is 1. The van der Waals surface area contributed by atoms with Crippen LogP contribution >= 0.6 is 46.7 Å². The second kappa shape index (κ2) is 11.5. The van der Waals surface area contributed by atoms with Gasteiger partial charge in [0.1, 0.15) is 0 Å². The monoisotopic (exact) mass is 492 g/mol. The fraction of sp³-hybridized carbons (Fsp3) is 0.316. The first-order valence-electron chi connectivity index (χ1n) is 8.63. The van der Waals surface area contributed by atoms with Gasteiger partial charge < -0.3 is 5.32 Å². The Balaban J connectivity index is 1.76. The molecule has 0 spiro atoms. The van der Waals surface area contributed by atoms with Crippen LogP contribution in [0.4, 0.5) is 0 Å². The van der Waals surface area contributed by atoms with Crippen molar-refractivity contribution in [1.29, 1.82) is 0 Å². The van der Waals surface area contributed by atoms with E-state index in [0.29, 0.717) is 28.1 Å². The highest BCUT2D eigenvalue weighted by Gasteiger charge is 2.22. The maximum absolute atomic E-state index is 12.6. The SMILES string of the molecule is CSc1ccc(S(=O)(=O)N(C)CC(=O)NCCSCc2ccc(Cl)cc2Cl)cc1. The van der Waals surface area contributed by atoms with Gasteiger partial charge in [0.15, 0.2) is 0 Å². The Morgan fingerprint density at radius 3 is 2.45 bits per heavy atom. The molecule has 0 aliphatic carbocycles. The predicted molar refractivity (Wildman–Crippen MR) is 124 cm³/mol. The minimum atomic E-state index is -3.71. The molecule has 1 amide bonds. The van der Waals surface area contributed by atoms with Crippen LogP contribution in [0, 0.1) is 0 Å². The Kier molecular flexibility index (Phi) is 9.65. The summed E-state index contributed by atoms with van der Waals surface area (Å²) in [5.41, 5.74) is 0.978. The van der Waals surface area contributed by atoms with Crippen molar-refractivity contribution >= 4 is 62.7 Å². The third kappa shape index (κ3) is 7.38. The van der Waals surface area contributed by atoms with Gasteiger partial charge in [-0.25, -0.2) is 8.42 Å². The molecule has 2 aromatic rings.